The fourth-order valence-electron chi connectivity index (χ4n) is 3.84. The molecule has 0 radical (unpaired) electrons. The number of benzene rings is 2. The van der Waals surface area contributed by atoms with Crippen LogP contribution in [0.25, 0.3) is 0 Å². The van der Waals surface area contributed by atoms with Crippen molar-refractivity contribution in [2.24, 2.45) is 5.92 Å². The van der Waals surface area contributed by atoms with Gasteiger partial charge in [0.25, 0.3) is 0 Å². The van der Waals surface area contributed by atoms with Gasteiger partial charge in [0.05, 0.1) is 6.04 Å². The highest BCUT2D eigenvalue weighted by molar-refractivity contribution is 14.1. The Morgan fingerprint density at radius 1 is 1.18 bits per heavy atom. The second-order valence-corrected chi connectivity index (χ2v) is 8.38. The lowest BCUT2D eigenvalue weighted by atomic mass is 9.76. The van der Waals surface area contributed by atoms with Crippen LogP contribution in [0.1, 0.15) is 35.1 Å². The minimum absolute atomic E-state index is 0.388. The maximum atomic E-state index is 3.84. The zero-order valence-corrected chi connectivity index (χ0v) is 16.1. The summed E-state index contributed by atoms with van der Waals surface area (Å²) < 4.78 is 2.47. The second kappa shape index (κ2) is 5.68. The predicted molar refractivity (Wildman–Crippen MR) is 104 cm³/mol. The summed E-state index contributed by atoms with van der Waals surface area (Å²) in [7, 11) is 0. The summed E-state index contributed by atoms with van der Waals surface area (Å²) in [5.41, 5.74) is 5.53. The van der Waals surface area contributed by atoms with Gasteiger partial charge in [0.1, 0.15) is 0 Å². The molecular weight excluding hydrogens is 449 g/mol. The van der Waals surface area contributed by atoms with Crippen LogP contribution in [-0.2, 0) is 0 Å². The third-order valence-electron chi connectivity index (χ3n) is 4.86. The molecule has 0 amide bonds. The van der Waals surface area contributed by atoms with Crippen molar-refractivity contribution in [2.45, 2.75) is 25.3 Å². The van der Waals surface area contributed by atoms with Crippen molar-refractivity contribution in [1.82, 2.24) is 0 Å². The lowest BCUT2D eigenvalue weighted by Gasteiger charge is -2.38. The molecular formula is C19H17BrIN. The van der Waals surface area contributed by atoms with E-state index in [9.17, 15) is 0 Å². The summed E-state index contributed by atoms with van der Waals surface area (Å²) in [5.74, 6) is 1.16. The number of anilines is 1. The first-order chi connectivity index (χ1) is 10.6. The monoisotopic (exact) mass is 465 g/mol. The highest BCUT2D eigenvalue weighted by atomic mass is 127. The zero-order valence-electron chi connectivity index (χ0n) is 12.3. The van der Waals surface area contributed by atoms with Gasteiger partial charge in [-0.25, -0.2) is 0 Å². The van der Waals surface area contributed by atoms with Crippen molar-refractivity contribution >= 4 is 44.2 Å². The maximum Gasteiger partial charge on any atom is 0.0554 e. The highest BCUT2D eigenvalue weighted by Gasteiger charge is 2.38. The topological polar surface area (TPSA) is 12.0 Å². The Bertz CT molecular complexity index is 751. The molecule has 0 saturated heterocycles. The van der Waals surface area contributed by atoms with Crippen molar-refractivity contribution in [3.63, 3.8) is 0 Å². The number of nitrogens with one attached hydrogen (secondary N) is 1. The van der Waals surface area contributed by atoms with Gasteiger partial charge >= 0.3 is 0 Å². The van der Waals surface area contributed by atoms with Crippen LogP contribution in [0.5, 0.6) is 0 Å². The summed E-state index contributed by atoms with van der Waals surface area (Å²) in [6.45, 7) is 2.21. The lowest BCUT2D eigenvalue weighted by Crippen LogP contribution is -2.29. The third-order valence-corrected chi connectivity index (χ3v) is 6.01. The Labute approximate surface area is 153 Å². The first-order valence-corrected chi connectivity index (χ1v) is 9.49. The average Bonchev–Trinajstić information content (AvgIpc) is 2.97. The summed E-state index contributed by atoms with van der Waals surface area (Å²) in [5, 5.41) is 3.84. The third kappa shape index (κ3) is 2.42. The van der Waals surface area contributed by atoms with Gasteiger partial charge in [-0.15, -0.1) is 0 Å². The molecule has 1 aliphatic heterocycles. The smallest absolute Gasteiger partial charge is 0.0554 e. The molecule has 1 nitrogen and oxygen atoms in total. The fraction of sp³-hybridized carbons (Fsp3) is 0.263. The molecule has 2 aromatic carbocycles. The van der Waals surface area contributed by atoms with Crippen molar-refractivity contribution in [1.29, 1.82) is 0 Å². The van der Waals surface area contributed by atoms with E-state index in [-0.39, 0.29) is 0 Å². The molecule has 1 N–H and O–H groups in total. The average molecular weight is 466 g/mol. The molecule has 0 saturated carbocycles. The van der Waals surface area contributed by atoms with Gasteiger partial charge in [-0.3, -0.25) is 0 Å². The normalized spacial score (nSPS) is 25.5. The Kier molecular flexibility index (Phi) is 3.81. The summed E-state index contributed by atoms with van der Waals surface area (Å²) in [6.07, 6.45) is 5.92. The minimum atomic E-state index is 0.388. The minimum Gasteiger partial charge on any atom is -0.377 e. The molecule has 3 atom stereocenters. The van der Waals surface area contributed by atoms with Crippen LogP contribution in [-0.4, -0.2) is 0 Å². The molecule has 0 fully saturated rings. The first-order valence-electron chi connectivity index (χ1n) is 7.62. The number of hydrogen-bond acceptors (Lipinski definition) is 1. The number of fused-ring (bicyclic) bond motifs is 3. The van der Waals surface area contributed by atoms with Crippen molar-refractivity contribution < 1.29 is 0 Å². The van der Waals surface area contributed by atoms with Crippen LogP contribution >= 0.6 is 38.5 Å². The summed E-state index contributed by atoms with van der Waals surface area (Å²) in [4.78, 5) is 0. The SMILES string of the molecule is Cc1cc(I)cc2c1N[C@H](c1ccc(Br)cc1)[C@@H]1CC=C[C@H]21. The van der Waals surface area contributed by atoms with Gasteiger partial charge in [0.2, 0.25) is 0 Å². The first kappa shape index (κ1) is 14.8. The van der Waals surface area contributed by atoms with E-state index in [2.05, 4.69) is 99.3 Å². The van der Waals surface area contributed by atoms with Gasteiger partial charge in [-0.1, -0.05) is 40.2 Å². The van der Waals surface area contributed by atoms with E-state index in [4.69, 9.17) is 0 Å². The number of allylic oxidation sites excluding steroid dienone is 2. The Hall–Kier alpha value is -0.810. The van der Waals surface area contributed by atoms with E-state index in [1.54, 1.807) is 0 Å². The highest BCUT2D eigenvalue weighted by Crippen LogP contribution is 2.50. The molecule has 4 rings (SSSR count). The number of halogens is 2. The molecule has 0 aromatic heterocycles. The van der Waals surface area contributed by atoms with E-state index in [1.165, 1.54) is 25.9 Å². The van der Waals surface area contributed by atoms with Crippen LogP contribution in [0.3, 0.4) is 0 Å². The van der Waals surface area contributed by atoms with Gasteiger partial charge in [-0.2, -0.15) is 0 Å². The van der Waals surface area contributed by atoms with Crippen molar-refractivity contribution in [3.8, 4) is 0 Å². The largest absolute Gasteiger partial charge is 0.377 e. The Balaban J connectivity index is 1.82. The number of aryl methyl sites for hydroxylation is 1. The Morgan fingerprint density at radius 3 is 2.73 bits per heavy atom. The molecule has 112 valence electrons. The number of hydrogen-bond donors (Lipinski definition) is 1. The van der Waals surface area contributed by atoms with E-state index in [1.807, 2.05) is 0 Å². The molecule has 1 aliphatic carbocycles. The van der Waals surface area contributed by atoms with E-state index in [0.29, 0.717) is 17.9 Å². The van der Waals surface area contributed by atoms with Crippen LogP contribution in [0.4, 0.5) is 5.69 Å². The van der Waals surface area contributed by atoms with Crippen LogP contribution < -0.4 is 5.32 Å². The van der Waals surface area contributed by atoms with Gasteiger partial charge in [-0.05, 0) is 82.8 Å². The standard InChI is InChI=1S/C19H17BrIN/c1-11-9-14(21)10-17-15-3-2-4-16(15)19(22-18(11)17)12-5-7-13(20)8-6-12/h2-3,5-10,15-16,19,22H,4H2,1H3/t15-,16+,19+/m0/s1. The summed E-state index contributed by atoms with van der Waals surface area (Å²) >= 11 is 5.97. The molecule has 3 heteroatoms. The van der Waals surface area contributed by atoms with Crippen LogP contribution in [0.15, 0.2) is 53.0 Å². The van der Waals surface area contributed by atoms with Crippen molar-refractivity contribution in [3.05, 3.63) is 73.3 Å². The van der Waals surface area contributed by atoms with E-state index in [0.717, 1.165) is 10.9 Å². The molecule has 0 bridgehead atoms. The van der Waals surface area contributed by atoms with Crippen LogP contribution in [0.2, 0.25) is 0 Å². The molecule has 2 aromatic rings. The second-order valence-electron chi connectivity index (χ2n) is 6.21. The van der Waals surface area contributed by atoms with Crippen molar-refractivity contribution in [2.75, 3.05) is 5.32 Å². The molecule has 0 unspecified atom stereocenters. The van der Waals surface area contributed by atoms with E-state index >= 15 is 0 Å². The fourth-order valence-corrected chi connectivity index (χ4v) is 4.91. The lowest BCUT2D eigenvalue weighted by molar-refractivity contribution is 0.425. The van der Waals surface area contributed by atoms with Crippen LogP contribution in [0, 0.1) is 16.4 Å². The molecule has 1 heterocycles. The number of rotatable bonds is 1. The maximum absolute atomic E-state index is 3.84. The molecule has 22 heavy (non-hydrogen) atoms. The van der Waals surface area contributed by atoms with Gasteiger partial charge in [0, 0.05) is 19.6 Å². The zero-order chi connectivity index (χ0) is 15.3. The van der Waals surface area contributed by atoms with E-state index < -0.39 is 0 Å². The summed E-state index contributed by atoms with van der Waals surface area (Å²) in [6, 6.07) is 13.8. The Morgan fingerprint density at radius 2 is 1.95 bits per heavy atom. The quantitative estimate of drug-likeness (QED) is 0.391. The molecule has 0 spiro atoms. The van der Waals surface area contributed by atoms with Gasteiger partial charge in [0.15, 0.2) is 0 Å². The predicted octanol–water partition coefficient (Wildman–Crippen LogP) is 6.19. The molecule has 2 aliphatic rings. The van der Waals surface area contributed by atoms with Gasteiger partial charge < -0.3 is 5.32 Å².